The van der Waals surface area contributed by atoms with Gasteiger partial charge in [0, 0.05) is 12.1 Å². The van der Waals surface area contributed by atoms with Gasteiger partial charge in [-0.2, -0.15) is 0 Å². The molecule has 1 aliphatic carbocycles. The fourth-order valence-electron chi connectivity index (χ4n) is 3.46. The van der Waals surface area contributed by atoms with Gasteiger partial charge in [0.1, 0.15) is 0 Å². The SMILES string of the molecule is CCC1CCC(NC(C)c2ccc(C(C)(C)C)cc2)CC1. The summed E-state index contributed by atoms with van der Waals surface area (Å²) in [5, 5.41) is 3.84. The van der Waals surface area contributed by atoms with E-state index >= 15 is 0 Å². The zero-order chi connectivity index (χ0) is 15.5. The Morgan fingerprint density at radius 2 is 1.62 bits per heavy atom. The molecule has 21 heavy (non-hydrogen) atoms. The predicted octanol–water partition coefficient (Wildman–Crippen LogP) is 5.60. The van der Waals surface area contributed by atoms with Gasteiger partial charge in [-0.3, -0.25) is 0 Å². The molecular weight excluding hydrogens is 254 g/mol. The molecular formula is C20H33N. The molecule has 0 bridgehead atoms. The van der Waals surface area contributed by atoms with E-state index in [1.807, 2.05) is 0 Å². The summed E-state index contributed by atoms with van der Waals surface area (Å²) in [6.45, 7) is 11.5. The molecule has 0 radical (unpaired) electrons. The Bertz CT molecular complexity index is 418. The van der Waals surface area contributed by atoms with Crippen LogP contribution in [0.4, 0.5) is 0 Å². The van der Waals surface area contributed by atoms with Crippen LogP contribution in [0.2, 0.25) is 0 Å². The van der Waals surface area contributed by atoms with Gasteiger partial charge in [-0.1, -0.05) is 58.4 Å². The van der Waals surface area contributed by atoms with Gasteiger partial charge in [0.15, 0.2) is 0 Å². The molecule has 1 N–H and O–H groups in total. The fraction of sp³-hybridized carbons (Fsp3) is 0.700. The van der Waals surface area contributed by atoms with E-state index in [4.69, 9.17) is 0 Å². The molecule has 1 saturated carbocycles. The molecule has 0 aliphatic heterocycles. The molecule has 2 rings (SSSR count). The van der Waals surface area contributed by atoms with Gasteiger partial charge in [-0.15, -0.1) is 0 Å². The maximum atomic E-state index is 3.84. The fourth-order valence-corrected chi connectivity index (χ4v) is 3.46. The highest BCUT2D eigenvalue weighted by Crippen LogP contribution is 2.28. The summed E-state index contributed by atoms with van der Waals surface area (Å²) >= 11 is 0. The Hall–Kier alpha value is -0.820. The second-order valence-electron chi connectivity index (χ2n) is 7.89. The molecule has 0 aromatic heterocycles. The molecule has 0 spiro atoms. The van der Waals surface area contributed by atoms with Gasteiger partial charge in [0.25, 0.3) is 0 Å². The van der Waals surface area contributed by atoms with Crippen molar-refractivity contribution in [2.45, 2.75) is 84.2 Å². The highest BCUT2D eigenvalue weighted by Gasteiger charge is 2.21. The molecule has 1 heteroatoms. The lowest BCUT2D eigenvalue weighted by Gasteiger charge is -2.31. The molecule has 0 heterocycles. The van der Waals surface area contributed by atoms with E-state index in [2.05, 4.69) is 64.2 Å². The molecule has 1 nitrogen and oxygen atoms in total. The normalized spacial score (nSPS) is 24.8. The molecule has 1 aromatic rings. The van der Waals surface area contributed by atoms with Crippen LogP contribution in [0.25, 0.3) is 0 Å². The van der Waals surface area contributed by atoms with Crippen molar-refractivity contribution < 1.29 is 0 Å². The number of hydrogen-bond donors (Lipinski definition) is 1. The smallest absolute Gasteiger partial charge is 0.0294 e. The third-order valence-electron chi connectivity index (χ3n) is 5.19. The largest absolute Gasteiger partial charge is 0.307 e. The van der Waals surface area contributed by atoms with E-state index in [0.717, 1.165) is 5.92 Å². The van der Waals surface area contributed by atoms with Crippen molar-refractivity contribution in [1.29, 1.82) is 0 Å². The van der Waals surface area contributed by atoms with Crippen LogP contribution < -0.4 is 5.32 Å². The van der Waals surface area contributed by atoms with Gasteiger partial charge in [0.2, 0.25) is 0 Å². The van der Waals surface area contributed by atoms with Crippen LogP contribution in [-0.4, -0.2) is 6.04 Å². The van der Waals surface area contributed by atoms with Gasteiger partial charge >= 0.3 is 0 Å². The summed E-state index contributed by atoms with van der Waals surface area (Å²) in [6.07, 6.45) is 6.87. The lowest BCUT2D eigenvalue weighted by Crippen LogP contribution is -2.34. The van der Waals surface area contributed by atoms with Crippen molar-refractivity contribution in [1.82, 2.24) is 5.32 Å². The maximum Gasteiger partial charge on any atom is 0.0294 e. The second kappa shape index (κ2) is 6.96. The van der Waals surface area contributed by atoms with Crippen molar-refractivity contribution in [2.24, 2.45) is 5.92 Å². The van der Waals surface area contributed by atoms with Gasteiger partial charge in [0.05, 0.1) is 0 Å². The van der Waals surface area contributed by atoms with Gasteiger partial charge in [-0.25, -0.2) is 0 Å². The summed E-state index contributed by atoms with van der Waals surface area (Å²) < 4.78 is 0. The summed E-state index contributed by atoms with van der Waals surface area (Å²) in [6, 6.07) is 10.4. The number of benzene rings is 1. The standard InChI is InChI=1S/C20H33N/c1-6-16-7-13-19(14-8-16)21-15(2)17-9-11-18(12-10-17)20(3,4)5/h9-12,15-16,19,21H,6-8,13-14H2,1-5H3. The van der Waals surface area contributed by atoms with Crippen molar-refractivity contribution in [3.05, 3.63) is 35.4 Å². The molecule has 1 aromatic carbocycles. The highest BCUT2D eigenvalue weighted by atomic mass is 14.9. The Kier molecular flexibility index (Phi) is 5.48. The Morgan fingerprint density at radius 3 is 2.10 bits per heavy atom. The molecule has 1 unspecified atom stereocenters. The molecule has 1 fully saturated rings. The quantitative estimate of drug-likeness (QED) is 0.759. The minimum absolute atomic E-state index is 0.244. The van der Waals surface area contributed by atoms with Gasteiger partial charge in [-0.05, 0) is 55.1 Å². The van der Waals surface area contributed by atoms with E-state index in [0.29, 0.717) is 12.1 Å². The topological polar surface area (TPSA) is 12.0 Å². The molecule has 1 atom stereocenters. The summed E-state index contributed by atoms with van der Waals surface area (Å²) in [5.41, 5.74) is 3.08. The van der Waals surface area contributed by atoms with Crippen molar-refractivity contribution in [2.75, 3.05) is 0 Å². The number of nitrogens with one attached hydrogen (secondary N) is 1. The first-order valence-electron chi connectivity index (χ1n) is 8.76. The number of rotatable bonds is 4. The molecule has 0 amide bonds. The van der Waals surface area contributed by atoms with Crippen LogP contribution in [0.5, 0.6) is 0 Å². The Morgan fingerprint density at radius 1 is 1.05 bits per heavy atom. The monoisotopic (exact) mass is 287 g/mol. The van der Waals surface area contributed by atoms with Crippen molar-refractivity contribution in [3.63, 3.8) is 0 Å². The third kappa shape index (κ3) is 4.57. The van der Waals surface area contributed by atoms with Crippen molar-refractivity contribution >= 4 is 0 Å². The average Bonchev–Trinajstić information content (AvgIpc) is 2.47. The minimum atomic E-state index is 0.244. The van der Waals surface area contributed by atoms with E-state index in [9.17, 15) is 0 Å². The lowest BCUT2D eigenvalue weighted by molar-refractivity contribution is 0.273. The maximum absolute atomic E-state index is 3.84. The van der Waals surface area contributed by atoms with Crippen LogP contribution in [-0.2, 0) is 5.41 Å². The Balaban J connectivity index is 1.90. The zero-order valence-electron chi connectivity index (χ0n) is 14.6. The summed E-state index contributed by atoms with van der Waals surface area (Å²) in [4.78, 5) is 0. The summed E-state index contributed by atoms with van der Waals surface area (Å²) in [7, 11) is 0. The molecule has 118 valence electrons. The van der Waals surface area contributed by atoms with Crippen LogP contribution in [0.3, 0.4) is 0 Å². The van der Waals surface area contributed by atoms with E-state index in [1.54, 1.807) is 0 Å². The summed E-state index contributed by atoms with van der Waals surface area (Å²) in [5.74, 6) is 0.976. The second-order valence-corrected chi connectivity index (χ2v) is 7.89. The first-order chi connectivity index (χ1) is 9.90. The van der Waals surface area contributed by atoms with Crippen LogP contribution in [0.15, 0.2) is 24.3 Å². The lowest BCUT2D eigenvalue weighted by atomic mass is 9.84. The molecule has 1 aliphatic rings. The van der Waals surface area contributed by atoms with Gasteiger partial charge < -0.3 is 5.32 Å². The van der Waals surface area contributed by atoms with Crippen LogP contribution in [0, 0.1) is 5.92 Å². The van der Waals surface area contributed by atoms with E-state index in [1.165, 1.54) is 43.2 Å². The highest BCUT2D eigenvalue weighted by molar-refractivity contribution is 5.29. The Labute approximate surface area is 131 Å². The molecule has 0 saturated heterocycles. The van der Waals surface area contributed by atoms with Crippen LogP contribution in [0.1, 0.15) is 83.9 Å². The van der Waals surface area contributed by atoms with Crippen molar-refractivity contribution in [3.8, 4) is 0 Å². The van der Waals surface area contributed by atoms with E-state index < -0.39 is 0 Å². The average molecular weight is 287 g/mol. The van der Waals surface area contributed by atoms with Crippen LogP contribution >= 0.6 is 0 Å². The van der Waals surface area contributed by atoms with E-state index in [-0.39, 0.29) is 5.41 Å². The third-order valence-corrected chi connectivity index (χ3v) is 5.19. The predicted molar refractivity (Wildman–Crippen MR) is 92.7 cm³/mol. The number of hydrogen-bond acceptors (Lipinski definition) is 1. The minimum Gasteiger partial charge on any atom is -0.307 e. The first-order valence-corrected chi connectivity index (χ1v) is 8.76. The zero-order valence-corrected chi connectivity index (χ0v) is 14.6. The first kappa shape index (κ1) is 16.5.